The lowest BCUT2D eigenvalue weighted by Crippen LogP contribution is -2.29. The quantitative estimate of drug-likeness (QED) is 0.612. The Morgan fingerprint density at radius 1 is 0.864 bits per heavy atom. The molecule has 0 N–H and O–H groups in total. The molecule has 0 aliphatic rings. The molecule has 0 aliphatic carbocycles. The first kappa shape index (κ1) is 16.1. The van der Waals surface area contributed by atoms with Gasteiger partial charge in [0.05, 0.1) is 6.10 Å². The Hall–Kier alpha value is -2.26. The largest absolute Gasteiger partial charge is 0.423 e. The zero-order valence-electron chi connectivity index (χ0n) is 13.3. The van der Waals surface area contributed by atoms with E-state index in [9.17, 15) is 0 Å². The minimum atomic E-state index is -0.493. The summed E-state index contributed by atoms with van der Waals surface area (Å²) < 4.78 is 5.63. The summed E-state index contributed by atoms with van der Waals surface area (Å²) in [5.74, 6) is 13.1. The second-order valence-electron chi connectivity index (χ2n) is 5.31. The van der Waals surface area contributed by atoms with E-state index in [0.717, 1.165) is 11.1 Å². The number of hydrogen-bond acceptors (Lipinski definition) is 1. The molecule has 0 heterocycles. The average molecular weight is 304 g/mol. The van der Waals surface area contributed by atoms with Crippen LogP contribution in [0.5, 0.6) is 0 Å². The van der Waals surface area contributed by atoms with Crippen LogP contribution in [0.25, 0.3) is 0 Å². The maximum Gasteiger partial charge on any atom is 0.146 e. The van der Waals surface area contributed by atoms with Gasteiger partial charge in [-0.3, -0.25) is 0 Å². The van der Waals surface area contributed by atoms with Gasteiger partial charge in [0.25, 0.3) is 0 Å². The summed E-state index contributed by atoms with van der Waals surface area (Å²) in [6.45, 7) is 4.08. The van der Waals surface area contributed by atoms with Crippen molar-refractivity contribution in [1.29, 1.82) is 0 Å². The van der Waals surface area contributed by atoms with Crippen LogP contribution in [-0.2, 0) is 4.43 Å². The monoisotopic (exact) mass is 304 g/mol. The van der Waals surface area contributed by atoms with Crippen LogP contribution in [0.2, 0.25) is 0 Å². The van der Waals surface area contributed by atoms with Crippen LogP contribution >= 0.6 is 0 Å². The predicted octanol–water partition coefficient (Wildman–Crippen LogP) is 2.78. The maximum absolute atomic E-state index is 5.63. The molecule has 1 unspecified atom stereocenters. The topological polar surface area (TPSA) is 9.23 Å². The highest BCUT2D eigenvalue weighted by Crippen LogP contribution is 2.22. The van der Waals surface area contributed by atoms with E-state index < -0.39 is 5.41 Å². The minimum absolute atomic E-state index is 0.0217. The van der Waals surface area contributed by atoms with E-state index >= 15 is 0 Å². The molecule has 0 saturated heterocycles. The Labute approximate surface area is 136 Å². The minimum Gasteiger partial charge on any atom is -0.423 e. The maximum atomic E-state index is 5.63. The van der Waals surface area contributed by atoms with Crippen molar-refractivity contribution in [1.82, 2.24) is 0 Å². The van der Waals surface area contributed by atoms with Gasteiger partial charge in [0.1, 0.15) is 15.9 Å². The van der Waals surface area contributed by atoms with Crippen molar-refractivity contribution < 1.29 is 4.43 Å². The SMILES string of the molecule is CC(O[SiH3])C(C)(C#Cc1ccccc1)C#Cc1ccccc1. The second-order valence-corrected chi connectivity index (χ2v) is 5.78. The Bertz CT molecular complexity index is 657. The van der Waals surface area contributed by atoms with Gasteiger partial charge in [0.15, 0.2) is 0 Å². The van der Waals surface area contributed by atoms with Gasteiger partial charge in [0.2, 0.25) is 0 Å². The molecule has 0 radical (unpaired) electrons. The Morgan fingerprint density at radius 3 is 1.64 bits per heavy atom. The van der Waals surface area contributed by atoms with Crippen LogP contribution in [0.1, 0.15) is 25.0 Å². The normalized spacial score (nSPS) is 11.7. The van der Waals surface area contributed by atoms with Crippen LogP contribution in [0, 0.1) is 29.1 Å². The standard InChI is InChI=1S/C20H20OSi/c1-17(21-22)20(2,15-13-18-9-5-3-6-10-18)16-14-19-11-7-4-8-12-19/h3-12,17H,1-2,22H3. The molecule has 2 heteroatoms. The molecular weight excluding hydrogens is 284 g/mol. The molecule has 0 saturated carbocycles. The van der Waals surface area contributed by atoms with Gasteiger partial charge < -0.3 is 4.43 Å². The van der Waals surface area contributed by atoms with Crippen molar-refractivity contribution in [2.45, 2.75) is 20.0 Å². The number of hydrogen-bond donors (Lipinski definition) is 0. The van der Waals surface area contributed by atoms with E-state index in [1.807, 2.05) is 74.5 Å². The summed E-state index contributed by atoms with van der Waals surface area (Å²) in [5, 5.41) is 0. The van der Waals surface area contributed by atoms with Crippen LogP contribution in [0.4, 0.5) is 0 Å². The fourth-order valence-electron chi connectivity index (χ4n) is 1.92. The fourth-order valence-corrected chi connectivity index (χ4v) is 2.39. The molecule has 0 aliphatic heterocycles. The third-order valence-corrected chi connectivity index (χ3v) is 4.35. The van der Waals surface area contributed by atoms with Crippen LogP contribution < -0.4 is 0 Å². The van der Waals surface area contributed by atoms with Crippen molar-refractivity contribution in [3.05, 3.63) is 71.8 Å². The second kappa shape index (κ2) is 7.66. The van der Waals surface area contributed by atoms with Crippen molar-refractivity contribution in [3.8, 4) is 23.7 Å². The summed E-state index contributed by atoms with van der Waals surface area (Å²) >= 11 is 0. The summed E-state index contributed by atoms with van der Waals surface area (Å²) in [4.78, 5) is 0. The van der Waals surface area contributed by atoms with Gasteiger partial charge >= 0.3 is 0 Å². The van der Waals surface area contributed by atoms with Crippen molar-refractivity contribution in [2.75, 3.05) is 0 Å². The molecule has 0 amide bonds. The van der Waals surface area contributed by atoms with E-state index in [-0.39, 0.29) is 6.10 Å². The average Bonchev–Trinajstić information content (AvgIpc) is 2.59. The smallest absolute Gasteiger partial charge is 0.146 e. The molecule has 110 valence electrons. The molecule has 1 nitrogen and oxygen atoms in total. The van der Waals surface area contributed by atoms with Gasteiger partial charge in [-0.05, 0) is 38.1 Å². The lowest BCUT2D eigenvalue weighted by atomic mass is 9.86. The summed E-state index contributed by atoms with van der Waals surface area (Å²) in [6.07, 6.45) is -0.0217. The van der Waals surface area contributed by atoms with E-state index in [4.69, 9.17) is 4.43 Å². The Balaban J connectivity index is 2.33. The highest BCUT2D eigenvalue weighted by atomic mass is 28.2. The molecule has 2 aromatic rings. The van der Waals surface area contributed by atoms with E-state index in [1.165, 1.54) is 0 Å². The van der Waals surface area contributed by atoms with Gasteiger partial charge in [0, 0.05) is 11.1 Å². The Morgan fingerprint density at radius 2 is 1.27 bits per heavy atom. The summed E-state index contributed by atoms with van der Waals surface area (Å²) in [6, 6.07) is 20.0. The van der Waals surface area contributed by atoms with Gasteiger partial charge in [-0.2, -0.15) is 0 Å². The van der Waals surface area contributed by atoms with Crippen LogP contribution in [-0.4, -0.2) is 16.6 Å². The lowest BCUT2D eigenvalue weighted by Gasteiger charge is -2.24. The molecule has 0 fully saturated rings. The molecule has 2 rings (SSSR count). The van der Waals surface area contributed by atoms with Gasteiger partial charge in [-0.15, -0.1) is 0 Å². The zero-order valence-corrected chi connectivity index (χ0v) is 15.3. The van der Waals surface area contributed by atoms with E-state index in [2.05, 4.69) is 23.7 Å². The first-order valence-electron chi connectivity index (χ1n) is 7.33. The molecule has 22 heavy (non-hydrogen) atoms. The third kappa shape index (κ3) is 4.37. The molecular formula is C20H20OSi. The summed E-state index contributed by atoms with van der Waals surface area (Å²) in [7, 11) is 0.673. The van der Waals surface area contributed by atoms with Crippen molar-refractivity contribution in [2.24, 2.45) is 5.41 Å². The molecule has 0 aromatic heterocycles. The summed E-state index contributed by atoms with van der Waals surface area (Å²) in [5.41, 5.74) is 1.50. The van der Waals surface area contributed by atoms with Gasteiger partial charge in [-0.25, -0.2) is 0 Å². The van der Waals surface area contributed by atoms with E-state index in [0.29, 0.717) is 10.5 Å². The first-order chi connectivity index (χ1) is 10.6. The van der Waals surface area contributed by atoms with Crippen molar-refractivity contribution in [3.63, 3.8) is 0 Å². The van der Waals surface area contributed by atoms with Crippen LogP contribution in [0.15, 0.2) is 60.7 Å². The number of rotatable bonds is 2. The highest BCUT2D eigenvalue weighted by molar-refractivity contribution is 5.98. The predicted molar refractivity (Wildman–Crippen MR) is 95.2 cm³/mol. The van der Waals surface area contributed by atoms with Crippen molar-refractivity contribution >= 4 is 10.5 Å². The highest BCUT2D eigenvalue weighted by Gasteiger charge is 2.26. The van der Waals surface area contributed by atoms with Gasteiger partial charge in [-0.1, -0.05) is 60.1 Å². The lowest BCUT2D eigenvalue weighted by molar-refractivity contribution is 0.169. The Kier molecular flexibility index (Phi) is 5.61. The molecule has 1 atom stereocenters. The molecule has 0 bridgehead atoms. The van der Waals surface area contributed by atoms with Crippen LogP contribution in [0.3, 0.4) is 0 Å². The zero-order chi connectivity index (χ0) is 15.8. The first-order valence-corrected chi connectivity index (χ1v) is 8.15. The number of benzene rings is 2. The molecule has 0 spiro atoms. The molecule has 2 aromatic carbocycles. The third-order valence-electron chi connectivity index (χ3n) is 3.65. The fraction of sp³-hybridized carbons (Fsp3) is 0.200. The van der Waals surface area contributed by atoms with E-state index in [1.54, 1.807) is 0 Å².